The van der Waals surface area contributed by atoms with Crippen molar-refractivity contribution in [1.29, 1.82) is 0 Å². The summed E-state index contributed by atoms with van der Waals surface area (Å²) in [6.45, 7) is 0.294. The predicted octanol–water partition coefficient (Wildman–Crippen LogP) is 6.02. The Bertz CT molecular complexity index is 1480. The van der Waals surface area contributed by atoms with Gasteiger partial charge in [0.2, 0.25) is 5.91 Å². The number of carbonyl (C=O) groups excluding carboxylic acids is 3. The molecule has 0 spiro atoms. The minimum atomic E-state index is -0.499. The molecule has 0 saturated carbocycles. The third-order valence-corrected chi connectivity index (χ3v) is 6.86. The molecule has 2 heterocycles. The van der Waals surface area contributed by atoms with Gasteiger partial charge in [-0.05, 0) is 41.6 Å². The Balaban J connectivity index is 1.38. The molecule has 1 saturated heterocycles. The molecule has 8 heteroatoms. The van der Waals surface area contributed by atoms with Gasteiger partial charge in [-0.15, -0.1) is 0 Å². The molecular formula is C27H20ClN3O3S. The van der Waals surface area contributed by atoms with Crippen LogP contribution in [0.1, 0.15) is 11.1 Å². The lowest BCUT2D eigenvalue weighted by atomic mass is 10.1. The van der Waals surface area contributed by atoms with Crippen LogP contribution in [0.3, 0.4) is 0 Å². The van der Waals surface area contributed by atoms with Crippen molar-refractivity contribution in [2.75, 3.05) is 11.9 Å². The summed E-state index contributed by atoms with van der Waals surface area (Å²) in [6, 6.07) is 24.8. The molecular weight excluding hydrogens is 482 g/mol. The smallest absolute Gasteiger partial charge is 0.294 e. The van der Waals surface area contributed by atoms with Gasteiger partial charge in [-0.25, -0.2) is 0 Å². The van der Waals surface area contributed by atoms with Gasteiger partial charge in [0, 0.05) is 29.2 Å². The van der Waals surface area contributed by atoms with Crippen LogP contribution in [0.5, 0.6) is 0 Å². The molecule has 1 aromatic heterocycles. The molecule has 0 bridgehead atoms. The second-order valence-electron chi connectivity index (χ2n) is 8.01. The lowest BCUT2D eigenvalue weighted by Gasteiger charge is -2.13. The van der Waals surface area contributed by atoms with Gasteiger partial charge in [-0.1, -0.05) is 72.3 Å². The van der Waals surface area contributed by atoms with Crippen LogP contribution < -0.4 is 5.32 Å². The number of hydrogen-bond donors (Lipinski definition) is 1. The third-order valence-electron chi connectivity index (χ3n) is 5.63. The quantitative estimate of drug-likeness (QED) is 0.328. The van der Waals surface area contributed by atoms with Crippen molar-refractivity contribution >= 4 is 63.1 Å². The number of thioether (sulfide) groups is 1. The highest BCUT2D eigenvalue weighted by molar-refractivity contribution is 8.18. The molecule has 174 valence electrons. The summed E-state index contributed by atoms with van der Waals surface area (Å²) in [5.41, 5.74) is 3.45. The molecule has 0 radical (unpaired) electrons. The predicted molar refractivity (Wildman–Crippen MR) is 140 cm³/mol. The molecule has 5 rings (SSSR count). The molecule has 0 atom stereocenters. The molecule has 6 nitrogen and oxygen atoms in total. The van der Waals surface area contributed by atoms with Crippen LogP contribution >= 0.6 is 23.4 Å². The molecule has 1 aliphatic heterocycles. The average molecular weight is 502 g/mol. The van der Waals surface area contributed by atoms with Gasteiger partial charge in [0.15, 0.2) is 0 Å². The molecule has 4 aromatic rings. The van der Waals surface area contributed by atoms with E-state index in [-0.39, 0.29) is 11.4 Å². The number of halogens is 1. The molecule has 35 heavy (non-hydrogen) atoms. The van der Waals surface area contributed by atoms with Gasteiger partial charge in [0.1, 0.15) is 6.54 Å². The maximum Gasteiger partial charge on any atom is 0.294 e. The van der Waals surface area contributed by atoms with Gasteiger partial charge >= 0.3 is 0 Å². The molecule has 1 N–H and O–H groups in total. The number of nitrogens with zero attached hydrogens (tertiary/aromatic N) is 2. The van der Waals surface area contributed by atoms with E-state index in [1.54, 1.807) is 30.3 Å². The van der Waals surface area contributed by atoms with Crippen LogP contribution in [0.25, 0.3) is 17.0 Å². The number of fused-ring (bicyclic) bond motifs is 1. The SMILES string of the molecule is O=C(CN1C(=O)S/C(=C/c2cn(Cc3ccccc3)c3ccccc23)C1=O)Nc1ccccc1Cl. The summed E-state index contributed by atoms with van der Waals surface area (Å²) >= 11 is 6.91. The van der Waals surface area contributed by atoms with Crippen LogP contribution in [0.2, 0.25) is 5.02 Å². The minimum Gasteiger partial charge on any atom is -0.342 e. The van der Waals surface area contributed by atoms with Crippen molar-refractivity contribution in [2.45, 2.75) is 6.54 Å². The van der Waals surface area contributed by atoms with E-state index in [1.807, 2.05) is 48.7 Å². The third kappa shape index (κ3) is 4.87. The zero-order valence-electron chi connectivity index (χ0n) is 18.5. The van der Waals surface area contributed by atoms with Crippen molar-refractivity contribution in [1.82, 2.24) is 9.47 Å². The fourth-order valence-corrected chi connectivity index (χ4v) is 4.99. The van der Waals surface area contributed by atoms with Gasteiger partial charge in [0.25, 0.3) is 11.1 Å². The van der Waals surface area contributed by atoms with E-state index in [9.17, 15) is 14.4 Å². The van der Waals surface area contributed by atoms with E-state index >= 15 is 0 Å². The Morgan fingerprint density at radius 1 is 0.943 bits per heavy atom. The van der Waals surface area contributed by atoms with E-state index in [4.69, 9.17) is 11.6 Å². The van der Waals surface area contributed by atoms with Crippen LogP contribution in [-0.4, -0.2) is 33.1 Å². The summed E-state index contributed by atoms with van der Waals surface area (Å²) < 4.78 is 2.12. The number of benzene rings is 3. The number of anilines is 1. The number of aromatic nitrogens is 1. The van der Waals surface area contributed by atoms with E-state index in [1.165, 1.54) is 0 Å². The zero-order valence-corrected chi connectivity index (χ0v) is 20.1. The first kappa shape index (κ1) is 23.0. The van der Waals surface area contributed by atoms with Crippen molar-refractivity contribution in [3.05, 3.63) is 106 Å². The fraction of sp³-hybridized carbons (Fsp3) is 0.0741. The summed E-state index contributed by atoms with van der Waals surface area (Å²) in [6.07, 6.45) is 3.70. The van der Waals surface area contributed by atoms with E-state index in [0.29, 0.717) is 17.3 Å². The lowest BCUT2D eigenvalue weighted by molar-refractivity contribution is -0.127. The highest BCUT2D eigenvalue weighted by Crippen LogP contribution is 2.34. The van der Waals surface area contributed by atoms with Crippen LogP contribution in [-0.2, 0) is 16.1 Å². The maximum absolute atomic E-state index is 13.0. The molecule has 3 aromatic carbocycles. The number of amides is 3. The topological polar surface area (TPSA) is 71.4 Å². The first-order valence-corrected chi connectivity index (χ1v) is 12.1. The largest absolute Gasteiger partial charge is 0.342 e. The summed E-state index contributed by atoms with van der Waals surface area (Å²) in [7, 11) is 0. The fourth-order valence-electron chi connectivity index (χ4n) is 3.97. The maximum atomic E-state index is 13.0. The average Bonchev–Trinajstić information content (AvgIpc) is 3.33. The number of hydrogen-bond acceptors (Lipinski definition) is 4. The van der Waals surface area contributed by atoms with E-state index in [0.717, 1.165) is 38.7 Å². The molecule has 0 aliphatic carbocycles. The van der Waals surface area contributed by atoms with Crippen LogP contribution in [0, 0.1) is 0 Å². The van der Waals surface area contributed by atoms with Crippen molar-refractivity contribution in [3.63, 3.8) is 0 Å². The normalized spacial score (nSPS) is 14.8. The summed E-state index contributed by atoms with van der Waals surface area (Å²) in [5, 5.41) is 3.52. The first-order valence-electron chi connectivity index (χ1n) is 10.9. The van der Waals surface area contributed by atoms with Crippen LogP contribution in [0.15, 0.2) is 90.0 Å². The number of para-hydroxylation sites is 2. The number of carbonyl (C=O) groups is 3. The Morgan fingerprint density at radius 3 is 2.46 bits per heavy atom. The Kier molecular flexibility index (Phi) is 6.44. The Hall–Kier alpha value is -3.81. The van der Waals surface area contributed by atoms with Gasteiger partial charge in [0.05, 0.1) is 15.6 Å². The van der Waals surface area contributed by atoms with Crippen molar-refractivity contribution in [3.8, 4) is 0 Å². The Labute approximate surface area is 211 Å². The van der Waals surface area contributed by atoms with E-state index in [2.05, 4.69) is 22.0 Å². The zero-order chi connectivity index (χ0) is 24.4. The summed E-state index contributed by atoms with van der Waals surface area (Å²) in [5.74, 6) is -0.990. The highest BCUT2D eigenvalue weighted by Gasteiger charge is 2.36. The van der Waals surface area contributed by atoms with Gasteiger partial charge in [-0.3, -0.25) is 19.3 Å². The molecule has 1 fully saturated rings. The van der Waals surface area contributed by atoms with Crippen molar-refractivity contribution < 1.29 is 14.4 Å². The summed E-state index contributed by atoms with van der Waals surface area (Å²) in [4.78, 5) is 39.3. The Morgan fingerprint density at radius 2 is 1.66 bits per heavy atom. The van der Waals surface area contributed by atoms with E-state index < -0.39 is 17.1 Å². The molecule has 1 aliphatic rings. The van der Waals surface area contributed by atoms with Gasteiger partial charge in [-0.2, -0.15) is 0 Å². The number of imide groups is 1. The second-order valence-corrected chi connectivity index (χ2v) is 9.41. The first-order chi connectivity index (χ1) is 17.0. The molecule has 0 unspecified atom stereocenters. The van der Waals surface area contributed by atoms with Gasteiger partial charge < -0.3 is 9.88 Å². The van der Waals surface area contributed by atoms with Crippen LogP contribution in [0.4, 0.5) is 10.5 Å². The second kappa shape index (κ2) is 9.82. The lowest BCUT2D eigenvalue weighted by Crippen LogP contribution is -2.36. The monoisotopic (exact) mass is 501 g/mol. The number of nitrogens with one attached hydrogen (secondary N) is 1. The number of rotatable bonds is 6. The minimum absolute atomic E-state index is 0.281. The molecule has 3 amide bonds. The standard InChI is InChI=1S/C27H20ClN3O3S/c28-21-11-5-6-12-22(21)29-25(32)17-31-26(33)24(35-27(31)34)14-19-16-30(15-18-8-2-1-3-9-18)23-13-7-4-10-20(19)23/h1-14,16H,15,17H2,(H,29,32)/b24-14+. The highest BCUT2D eigenvalue weighted by atomic mass is 35.5. The van der Waals surface area contributed by atoms with Crippen molar-refractivity contribution in [2.24, 2.45) is 0 Å².